The first-order chi connectivity index (χ1) is 13.7. The number of rotatable bonds is 4. The minimum Gasteiger partial charge on any atom is -0.507 e. The number of hydrogen-bond donors (Lipinski definition) is 1. The maximum absolute atomic E-state index is 13.1. The highest BCUT2D eigenvalue weighted by molar-refractivity contribution is 9.10. The summed E-state index contributed by atoms with van der Waals surface area (Å²) in [5.41, 5.74) is 0.988. The first kappa shape index (κ1) is 20.3. The lowest BCUT2D eigenvalue weighted by atomic mass is 10.0. The number of aromatic hydroxyl groups is 1. The van der Waals surface area contributed by atoms with Crippen LogP contribution in [-0.2, 0) is 14.3 Å². The van der Waals surface area contributed by atoms with Crippen molar-refractivity contribution in [1.29, 1.82) is 0 Å². The molecule has 8 nitrogen and oxygen atoms in total. The lowest BCUT2D eigenvalue weighted by Crippen LogP contribution is -2.24. The van der Waals surface area contributed by atoms with Gasteiger partial charge in [-0.05, 0) is 43.3 Å². The first-order valence-corrected chi connectivity index (χ1v) is 9.12. The number of anilines is 1. The number of nitro groups is 1. The van der Waals surface area contributed by atoms with Crippen molar-refractivity contribution in [2.24, 2.45) is 0 Å². The predicted molar refractivity (Wildman–Crippen MR) is 109 cm³/mol. The predicted octanol–water partition coefficient (Wildman–Crippen LogP) is 3.94. The lowest BCUT2D eigenvalue weighted by Gasteiger charge is -2.17. The Morgan fingerprint density at radius 1 is 1.24 bits per heavy atom. The number of nitro benzene ring substituents is 1. The number of esters is 1. The van der Waals surface area contributed by atoms with Crippen LogP contribution < -0.4 is 4.90 Å². The van der Waals surface area contributed by atoms with Crippen LogP contribution in [0, 0.1) is 10.1 Å². The average molecular weight is 459 g/mol. The normalized spacial score (nSPS) is 15.2. The van der Waals surface area contributed by atoms with Crippen LogP contribution in [0.4, 0.5) is 11.4 Å². The van der Waals surface area contributed by atoms with Crippen LogP contribution in [0.25, 0.3) is 6.08 Å². The number of carbonyl (C=O) groups excluding carboxylic acids is 2. The van der Waals surface area contributed by atoms with E-state index in [1.807, 2.05) is 0 Å². The van der Waals surface area contributed by atoms with Gasteiger partial charge in [0.05, 0.1) is 23.2 Å². The number of non-ortho nitro benzene ring substituents is 1. The number of phenolic OH excluding ortho intramolecular Hbond substituents is 1. The van der Waals surface area contributed by atoms with Crippen LogP contribution in [0.15, 0.2) is 63.8 Å². The molecule has 1 aliphatic rings. The van der Waals surface area contributed by atoms with Gasteiger partial charge in [0.25, 0.3) is 11.6 Å². The molecule has 2 aromatic rings. The van der Waals surface area contributed by atoms with E-state index < -0.39 is 16.8 Å². The highest BCUT2D eigenvalue weighted by Crippen LogP contribution is 2.37. The standard InChI is InChI=1S/C20H15BrN2O6/c1-11-18(20(26)29-2)16(10-12-9-13(21)3-8-17(12)24)19(25)22(11)14-4-6-15(7-5-14)23(27)28/h3-10,24H,1-2H3/b16-10-. The van der Waals surface area contributed by atoms with E-state index in [2.05, 4.69) is 15.9 Å². The molecule has 1 amide bonds. The fraction of sp³-hybridized carbons (Fsp3) is 0.100. The Morgan fingerprint density at radius 2 is 1.90 bits per heavy atom. The average Bonchev–Trinajstić information content (AvgIpc) is 2.94. The molecule has 2 aromatic carbocycles. The number of nitrogens with zero attached hydrogens (tertiary/aromatic N) is 2. The van der Waals surface area contributed by atoms with Gasteiger partial charge in [-0.1, -0.05) is 15.9 Å². The van der Waals surface area contributed by atoms with Gasteiger partial charge in [-0.2, -0.15) is 0 Å². The van der Waals surface area contributed by atoms with E-state index in [4.69, 9.17) is 4.74 Å². The third-order valence-corrected chi connectivity index (χ3v) is 4.89. The van der Waals surface area contributed by atoms with Crippen molar-refractivity contribution in [3.05, 3.63) is 79.5 Å². The Hall–Kier alpha value is -3.46. The van der Waals surface area contributed by atoms with E-state index in [0.717, 1.165) is 0 Å². The Kier molecular flexibility index (Phi) is 5.51. The summed E-state index contributed by atoms with van der Waals surface area (Å²) in [6.45, 7) is 1.58. The summed E-state index contributed by atoms with van der Waals surface area (Å²) in [7, 11) is 1.20. The van der Waals surface area contributed by atoms with E-state index in [0.29, 0.717) is 21.4 Å². The molecule has 0 spiro atoms. The van der Waals surface area contributed by atoms with E-state index in [-0.39, 0.29) is 22.6 Å². The highest BCUT2D eigenvalue weighted by atomic mass is 79.9. The number of halogens is 1. The Labute approximate surface area is 174 Å². The van der Waals surface area contributed by atoms with Gasteiger partial charge < -0.3 is 9.84 Å². The van der Waals surface area contributed by atoms with Gasteiger partial charge >= 0.3 is 5.97 Å². The number of methoxy groups -OCH3 is 1. The van der Waals surface area contributed by atoms with Crippen molar-refractivity contribution < 1.29 is 24.4 Å². The number of hydrogen-bond acceptors (Lipinski definition) is 6. The van der Waals surface area contributed by atoms with Crippen molar-refractivity contribution in [3.8, 4) is 5.75 Å². The molecule has 1 aliphatic heterocycles. The van der Waals surface area contributed by atoms with Gasteiger partial charge in [-0.3, -0.25) is 19.8 Å². The largest absolute Gasteiger partial charge is 0.507 e. The van der Waals surface area contributed by atoms with Gasteiger partial charge in [0, 0.05) is 33.6 Å². The van der Waals surface area contributed by atoms with Gasteiger partial charge in [0.2, 0.25) is 0 Å². The zero-order valence-electron chi connectivity index (χ0n) is 15.4. The number of benzene rings is 2. The molecular weight excluding hydrogens is 444 g/mol. The molecule has 9 heteroatoms. The van der Waals surface area contributed by atoms with E-state index in [1.165, 1.54) is 48.4 Å². The molecule has 0 saturated heterocycles. The van der Waals surface area contributed by atoms with Crippen molar-refractivity contribution in [2.75, 3.05) is 12.0 Å². The Bertz CT molecular complexity index is 1090. The van der Waals surface area contributed by atoms with Crippen LogP contribution in [0.2, 0.25) is 0 Å². The third kappa shape index (κ3) is 3.77. The maximum Gasteiger partial charge on any atom is 0.340 e. The van der Waals surface area contributed by atoms with Crippen LogP contribution in [0.5, 0.6) is 5.75 Å². The highest BCUT2D eigenvalue weighted by Gasteiger charge is 2.38. The van der Waals surface area contributed by atoms with Crippen molar-refractivity contribution in [1.82, 2.24) is 0 Å². The minimum absolute atomic E-state index is 0.0427. The summed E-state index contributed by atoms with van der Waals surface area (Å²) < 4.78 is 5.51. The van der Waals surface area contributed by atoms with E-state index in [9.17, 15) is 24.8 Å². The van der Waals surface area contributed by atoms with Gasteiger partial charge in [0.15, 0.2) is 0 Å². The number of ether oxygens (including phenoxy) is 1. The van der Waals surface area contributed by atoms with Crippen LogP contribution in [0.3, 0.4) is 0 Å². The van der Waals surface area contributed by atoms with Gasteiger partial charge in [-0.25, -0.2) is 4.79 Å². The Balaban J connectivity index is 2.14. The molecule has 1 N–H and O–H groups in total. The van der Waals surface area contributed by atoms with Crippen LogP contribution in [0.1, 0.15) is 12.5 Å². The zero-order chi connectivity index (χ0) is 21.3. The van der Waals surface area contributed by atoms with E-state index >= 15 is 0 Å². The summed E-state index contributed by atoms with van der Waals surface area (Å²) in [6.07, 6.45) is 1.41. The molecule has 29 heavy (non-hydrogen) atoms. The van der Waals surface area contributed by atoms with Crippen LogP contribution >= 0.6 is 15.9 Å². The molecule has 0 bridgehead atoms. The minimum atomic E-state index is -0.707. The van der Waals surface area contributed by atoms with Crippen molar-refractivity contribution in [2.45, 2.75) is 6.92 Å². The van der Waals surface area contributed by atoms with Crippen LogP contribution in [-0.4, -0.2) is 29.0 Å². The van der Waals surface area contributed by atoms with Crippen molar-refractivity contribution in [3.63, 3.8) is 0 Å². The number of amides is 1. The smallest absolute Gasteiger partial charge is 0.340 e. The zero-order valence-corrected chi connectivity index (χ0v) is 17.0. The fourth-order valence-corrected chi connectivity index (χ4v) is 3.39. The van der Waals surface area contributed by atoms with Gasteiger partial charge in [-0.15, -0.1) is 0 Å². The SMILES string of the molecule is COC(=O)C1=C(C)N(c2ccc([N+](=O)[O-])cc2)C(=O)/C1=C\c1cc(Br)ccc1O. The fourth-order valence-electron chi connectivity index (χ4n) is 3.01. The summed E-state index contributed by atoms with van der Waals surface area (Å²) in [5.74, 6) is -1.29. The molecule has 0 aromatic heterocycles. The second-order valence-electron chi connectivity index (χ2n) is 6.13. The molecular formula is C20H15BrN2O6. The molecule has 0 fully saturated rings. The summed E-state index contributed by atoms with van der Waals surface area (Å²) in [4.78, 5) is 37.1. The quantitative estimate of drug-likeness (QED) is 0.321. The molecule has 0 unspecified atom stereocenters. The van der Waals surface area contributed by atoms with E-state index in [1.54, 1.807) is 19.1 Å². The van der Waals surface area contributed by atoms with Gasteiger partial charge in [0.1, 0.15) is 5.75 Å². The lowest BCUT2D eigenvalue weighted by molar-refractivity contribution is -0.384. The summed E-state index contributed by atoms with van der Waals surface area (Å²) in [6, 6.07) is 10.1. The maximum atomic E-state index is 13.1. The molecule has 0 aliphatic carbocycles. The molecule has 0 saturated carbocycles. The molecule has 3 rings (SSSR count). The molecule has 0 radical (unpaired) electrons. The second kappa shape index (κ2) is 7.88. The monoisotopic (exact) mass is 458 g/mol. The number of carbonyl (C=O) groups is 2. The topological polar surface area (TPSA) is 110 Å². The molecule has 148 valence electrons. The molecule has 0 atom stereocenters. The Morgan fingerprint density at radius 3 is 2.48 bits per heavy atom. The number of phenols is 1. The number of allylic oxidation sites excluding steroid dienone is 1. The first-order valence-electron chi connectivity index (χ1n) is 8.33. The third-order valence-electron chi connectivity index (χ3n) is 4.40. The summed E-state index contributed by atoms with van der Waals surface area (Å²) in [5, 5.41) is 21.0. The second-order valence-corrected chi connectivity index (χ2v) is 7.04. The molecule has 1 heterocycles. The van der Waals surface area contributed by atoms with Crippen molar-refractivity contribution >= 4 is 45.3 Å². The summed E-state index contributed by atoms with van der Waals surface area (Å²) >= 11 is 3.30.